The second-order valence-electron chi connectivity index (χ2n) is 6.78. The lowest BCUT2D eigenvalue weighted by atomic mass is 9.96. The van der Waals surface area contributed by atoms with Crippen LogP contribution in [-0.2, 0) is 9.53 Å². The number of unbranched alkanes of at least 4 members (excludes halogenated alkanes) is 8. The molecular formula is C20H38O2. The van der Waals surface area contributed by atoms with Gasteiger partial charge in [-0.3, -0.25) is 0 Å². The van der Waals surface area contributed by atoms with E-state index in [1.807, 2.05) is 0 Å². The highest BCUT2D eigenvalue weighted by molar-refractivity contribution is 5.86. The average molecular weight is 311 g/mol. The summed E-state index contributed by atoms with van der Waals surface area (Å²) >= 11 is 0. The SMILES string of the molecule is C=C(C)C(=O)OCCCCCC(C)CCCCCCCCC. The Morgan fingerprint density at radius 3 is 1.95 bits per heavy atom. The molecule has 0 spiro atoms. The number of carbonyl (C=O) groups is 1. The first-order valence-electron chi connectivity index (χ1n) is 9.40. The van der Waals surface area contributed by atoms with Gasteiger partial charge in [-0.1, -0.05) is 91.1 Å². The summed E-state index contributed by atoms with van der Waals surface area (Å²) in [5.74, 6) is 0.584. The minimum Gasteiger partial charge on any atom is -0.462 e. The first-order valence-corrected chi connectivity index (χ1v) is 9.40. The summed E-state index contributed by atoms with van der Waals surface area (Å²) in [5, 5.41) is 0. The molecule has 0 aliphatic rings. The van der Waals surface area contributed by atoms with Gasteiger partial charge in [-0.2, -0.15) is 0 Å². The lowest BCUT2D eigenvalue weighted by Crippen LogP contribution is -2.06. The van der Waals surface area contributed by atoms with E-state index in [0.29, 0.717) is 12.2 Å². The third-order valence-corrected chi connectivity index (χ3v) is 4.22. The predicted octanol–water partition coefficient (Wildman–Crippen LogP) is 6.44. The molecule has 130 valence electrons. The van der Waals surface area contributed by atoms with E-state index in [0.717, 1.165) is 18.8 Å². The van der Waals surface area contributed by atoms with Crippen LogP contribution < -0.4 is 0 Å². The van der Waals surface area contributed by atoms with Crippen molar-refractivity contribution in [1.82, 2.24) is 0 Å². The third-order valence-electron chi connectivity index (χ3n) is 4.22. The van der Waals surface area contributed by atoms with Gasteiger partial charge in [-0.25, -0.2) is 4.79 Å². The van der Waals surface area contributed by atoms with Gasteiger partial charge in [0.05, 0.1) is 6.61 Å². The highest BCUT2D eigenvalue weighted by atomic mass is 16.5. The molecule has 22 heavy (non-hydrogen) atoms. The number of ether oxygens (including phenoxy) is 1. The molecule has 0 bridgehead atoms. The largest absolute Gasteiger partial charge is 0.462 e. The fourth-order valence-corrected chi connectivity index (χ4v) is 2.65. The van der Waals surface area contributed by atoms with Crippen LogP contribution in [0.1, 0.15) is 97.8 Å². The molecule has 1 unspecified atom stereocenters. The van der Waals surface area contributed by atoms with Gasteiger partial charge in [0, 0.05) is 5.57 Å². The second kappa shape index (κ2) is 15.1. The number of carbonyl (C=O) groups excluding carboxylic acids is 1. The molecule has 0 aliphatic carbocycles. The molecule has 0 fully saturated rings. The van der Waals surface area contributed by atoms with E-state index < -0.39 is 0 Å². The zero-order valence-electron chi connectivity index (χ0n) is 15.3. The molecule has 1 atom stereocenters. The first-order chi connectivity index (χ1) is 10.6. The molecular weight excluding hydrogens is 272 g/mol. The van der Waals surface area contributed by atoms with Crippen molar-refractivity contribution >= 4 is 5.97 Å². The smallest absolute Gasteiger partial charge is 0.333 e. The lowest BCUT2D eigenvalue weighted by molar-refractivity contribution is -0.139. The van der Waals surface area contributed by atoms with E-state index in [-0.39, 0.29) is 5.97 Å². The molecule has 0 aliphatic heterocycles. The summed E-state index contributed by atoms with van der Waals surface area (Å²) in [5.41, 5.74) is 0.489. The van der Waals surface area contributed by atoms with Crippen molar-refractivity contribution in [3.05, 3.63) is 12.2 Å². The summed E-state index contributed by atoms with van der Waals surface area (Å²) in [6, 6.07) is 0. The van der Waals surface area contributed by atoms with E-state index in [9.17, 15) is 4.79 Å². The topological polar surface area (TPSA) is 26.3 Å². The van der Waals surface area contributed by atoms with Gasteiger partial charge in [0.15, 0.2) is 0 Å². The standard InChI is InChI=1S/C20H38O2/c1-5-6-7-8-9-10-12-15-19(4)16-13-11-14-17-22-20(21)18(2)3/h19H,2,5-17H2,1,3-4H3. The van der Waals surface area contributed by atoms with Crippen LogP contribution >= 0.6 is 0 Å². The first kappa shape index (κ1) is 21.2. The molecule has 0 aromatic rings. The van der Waals surface area contributed by atoms with Crippen molar-refractivity contribution in [3.63, 3.8) is 0 Å². The molecule has 2 nitrogen and oxygen atoms in total. The summed E-state index contributed by atoms with van der Waals surface area (Å²) in [4.78, 5) is 11.2. The summed E-state index contributed by atoms with van der Waals surface area (Å²) in [7, 11) is 0. The van der Waals surface area contributed by atoms with Gasteiger partial charge < -0.3 is 4.74 Å². The van der Waals surface area contributed by atoms with E-state index in [1.54, 1.807) is 6.92 Å². The minimum absolute atomic E-state index is 0.257. The number of hydrogen-bond donors (Lipinski definition) is 0. The maximum absolute atomic E-state index is 11.2. The maximum atomic E-state index is 11.2. The Morgan fingerprint density at radius 2 is 1.41 bits per heavy atom. The van der Waals surface area contributed by atoms with Gasteiger partial charge in [0.1, 0.15) is 0 Å². The van der Waals surface area contributed by atoms with Crippen LogP contribution in [0.15, 0.2) is 12.2 Å². The highest BCUT2D eigenvalue weighted by Crippen LogP contribution is 2.17. The quantitative estimate of drug-likeness (QED) is 0.197. The third kappa shape index (κ3) is 14.2. The molecule has 0 heterocycles. The molecule has 0 saturated carbocycles. The van der Waals surface area contributed by atoms with Crippen molar-refractivity contribution in [2.24, 2.45) is 5.92 Å². The number of rotatable bonds is 15. The maximum Gasteiger partial charge on any atom is 0.333 e. The highest BCUT2D eigenvalue weighted by Gasteiger charge is 2.04. The number of esters is 1. The molecule has 0 amide bonds. The Labute approximate surface area is 138 Å². The Hall–Kier alpha value is -0.790. The zero-order valence-corrected chi connectivity index (χ0v) is 15.3. The Kier molecular flexibility index (Phi) is 14.6. The van der Waals surface area contributed by atoms with Crippen LogP contribution in [0, 0.1) is 5.92 Å². The van der Waals surface area contributed by atoms with Crippen molar-refractivity contribution in [3.8, 4) is 0 Å². The van der Waals surface area contributed by atoms with E-state index >= 15 is 0 Å². The van der Waals surface area contributed by atoms with Crippen LogP contribution in [0.25, 0.3) is 0 Å². The van der Waals surface area contributed by atoms with Crippen molar-refractivity contribution < 1.29 is 9.53 Å². The van der Waals surface area contributed by atoms with E-state index in [1.165, 1.54) is 64.2 Å². The van der Waals surface area contributed by atoms with Crippen molar-refractivity contribution in [1.29, 1.82) is 0 Å². The molecule has 0 aromatic carbocycles. The van der Waals surface area contributed by atoms with Crippen LogP contribution in [0.4, 0.5) is 0 Å². The Morgan fingerprint density at radius 1 is 0.909 bits per heavy atom. The fraction of sp³-hybridized carbons (Fsp3) is 0.850. The predicted molar refractivity (Wildman–Crippen MR) is 96.0 cm³/mol. The summed E-state index contributed by atoms with van der Waals surface area (Å²) < 4.78 is 5.09. The van der Waals surface area contributed by atoms with Gasteiger partial charge in [-0.05, 0) is 19.3 Å². The van der Waals surface area contributed by atoms with Crippen molar-refractivity contribution in [2.75, 3.05) is 6.61 Å². The molecule has 0 N–H and O–H groups in total. The van der Waals surface area contributed by atoms with Crippen LogP contribution in [-0.4, -0.2) is 12.6 Å². The van der Waals surface area contributed by atoms with Gasteiger partial charge in [-0.15, -0.1) is 0 Å². The molecule has 0 aromatic heterocycles. The average Bonchev–Trinajstić information content (AvgIpc) is 2.49. The Balaban J connectivity index is 3.27. The molecule has 0 rings (SSSR count). The van der Waals surface area contributed by atoms with Crippen LogP contribution in [0.2, 0.25) is 0 Å². The summed E-state index contributed by atoms with van der Waals surface area (Å²) in [6.45, 7) is 10.4. The van der Waals surface area contributed by atoms with Gasteiger partial charge in [0.2, 0.25) is 0 Å². The lowest BCUT2D eigenvalue weighted by Gasteiger charge is -2.11. The van der Waals surface area contributed by atoms with Crippen LogP contribution in [0.3, 0.4) is 0 Å². The molecule has 0 saturated heterocycles. The van der Waals surface area contributed by atoms with Crippen molar-refractivity contribution in [2.45, 2.75) is 97.8 Å². The fourth-order valence-electron chi connectivity index (χ4n) is 2.65. The van der Waals surface area contributed by atoms with E-state index in [4.69, 9.17) is 4.74 Å². The zero-order chi connectivity index (χ0) is 16.6. The summed E-state index contributed by atoms with van der Waals surface area (Å²) in [6.07, 6.45) is 15.9. The number of hydrogen-bond acceptors (Lipinski definition) is 2. The molecule has 0 radical (unpaired) electrons. The Bertz CT molecular complexity index is 283. The normalized spacial score (nSPS) is 12.1. The molecule has 2 heteroatoms. The minimum atomic E-state index is -0.257. The van der Waals surface area contributed by atoms with Crippen LogP contribution in [0.5, 0.6) is 0 Å². The monoisotopic (exact) mass is 310 g/mol. The second-order valence-corrected chi connectivity index (χ2v) is 6.78. The van der Waals surface area contributed by atoms with E-state index in [2.05, 4.69) is 20.4 Å². The van der Waals surface area contributed by atoms with Gasteiger partial charge >= 0.3 is 5.97 Å². The van der Waals surface area contributed by atoms with Gasteiger partial charge in [0.25, 0.3) is 0 Å².